The maximum atomic E-state index is 3.56. The Morgan fingerprint density at radius 1 is 1.33 bits per heavy atom. The highest BCUT2D eigenvalue weighted by molar-refractivity contribution is 9.09. The molecule has 2 heterocycles. The van der Waals surface area contributed by atoms with Crippen molar-refractivity contribution in [1.82, 2.24) is 4.90 Å². The molecular weight excluding hydrogens is 306 g/mol. The Bertz CT molecular complexity index is 522. The van der Waals surface area contributed by atoms with Gasteiger partial charge in [-0.1, -0.05) is 34.1 Å². The summed E-state index contributed by atoms with van der Waals surface area (Å²) in [6.45, 7) is 3.67. The SMILES string of the molecule is BrCCC1CCN(Cc2csc3ccccc23)C1. The number of thiophene rings is 1. The molecule has 1 aliphatic rings. The van der Waals surface area contributed by atoms with Crippen molar-refractivity contribution in [2.75, 3.05) is 18.4 Å². The number of likely N-dealkylation sites (tertiary alicyclic amines) is 1. The summed E-state index contributed by atoms with van der Waals surface area (Å²) >= 11 is 5.43. The van der Waals surface area contributed by atoms with Crippen LogP contribution in [0.25, 0.3) is 10.1 Å². The van der Waals surface area contributed by atoms with Gasteiger partial charge in [0.25, 0.3) is 0 Å². The third-order valence-electron chi connectivity index (χ3n) is 3.84. The Morgan fingerprint density at radius 3 is 3.11 bits per heavy atom. The molecule has 0 radical (unpaired) electrons. The molecule has 1 unspecified atom stereocenters. The van der Waals surface area contributed by atoms with Gasteiger partial charge in [0.2, 0.25) is 0 Å². The third kappa shape index (κ3) is 2.63. The van der Waals surface area contributed by atoms with E-state index >= 15 is 0 Å². The fourth-order valence-corrected chi connectivity index (χ4v) is 4.44. The van der Waals surface area contributed by atoms with Crippen molar-refractivity contribution in [3.63, 3.8) is 0 Å². The molecule has 18 heavy (non-hydrogen) atoms. The van der Waals surface area contributed by atoms with Gasteiger partial charge in [0.15, 0.2) is 0 Å². The molecule has 0 bridgehead atoms. The van der Waals surface area contributed by atoms with Crippen LogP contribution in [0.15, 0.2) is 29.6 Å². The van der Waals surface area contributed by atoms with Gasteiger partial charge in [0, 0.05) is 23.1 Å². The van der Waals surface area contributed by atoms with E-state index in [2.05, 4.69) is 50.5 Å². The molecule has 3 rings (SSSR count). The first-order valence-corrected chi connectivity index (χ1v) is 8.60. The Labute approximate surface area is 121 Å². The lowest BCUT2D eigenvalue weighted by Gasteiger charge is -2.15. The summed E-state index contributed by atoms with van der Waals surface area (Å²) in [5.41, 5.74) is 1.51. The monoisotopic (exact) mass is 323 g/mol. The van der Waals surface area contributed by atoms with Gasteiger partial charge in [-0.25, -0.2) is 0 Å². The molecule has 0 N–H and O–H groups in total. The smallest absolute Gasteiger partial charge is 0.0346 e. The molecule has 3 heteroatoms. The van der Waals surface area contributed by atoms with E-state index in [-0.39, 0.29) is 0 Å². The molecule has 0 amide bonds. The number of hydrogen-bond acceptors (Lipinski definition) is 2. The quantitative estimate of drug-likeness (QED) is 0.748. The van der Waals surface area contributed by atoms with E-state index in [0.717, 1.165) is 17.8 Å². The molecule has 96 valence electrons. The van der Waals surface area contributed by atoms with Gasteiger partial charge in [0.05, 0.1) is 0 Å². The lowest BCUT2D eigenvalue weighted by atomic mass is 10.1. The first-order chi connectivity index (χ1) is 8.86. The van der Waals surface area contributed by atoms with Crippen molar-refractivity contribution < 1.29 is 0 Å². The number of benzene rings is 1. The van der Waals surface area contributed by atoms with Crippen LogP contribution in [0, 0.1) is 5.92 Å². The molecule has 1 saturated heterocycles. The summed E-state index contributed by atoms with van der Waals surface area (Å²) in [6.07, 6.45) is 2.69. The summed E-state index contributed by atoms with van der Waals surface area (Å²) in [4.78, 5) is 2.61. The van der Waals surface area contributed by atoms with Gasteiger partial charge in [-0.3, -0.25) is 4.90 Å². The number of fused-ring (bicyclic) bond motifs is 1. The van der Waals surface area contributed by atoms with E-state index in [0.29, 0.717) is 0 Å². The second-order valence-corrected chi connectivity index (χ2v) is 6.83. The van der Waals surface area contributed by atoms with Gasteiger partial charge in [0.1, 0.15) is 0 Å². The van der Waals surface area contributed by atoms with E-state index < -0.39 is 0 Å². The number of hydrogen-bond donors (Lipinski definition) is 0. The highest BCUT2D eigenvalue weighted by atomic mass is 79.9. The number of rotatable bonds is 4. The average Bonchev–Trinajstić information content (AvgIpc) is 2.99. The van der Waals surface area contributed by atoms with Crippen molar-refractivity contribution in [3.8, 4) is 0 Å². The van der Waals surface area contributed by atoms with Crippen molar-refractivity contribution in [2.24, 2.45) is 5.92 Å². The number of nitrogens with zero attached hydrogens (tertiary/aromatic N) is 1. The van der Waals surface area contributed by atoms with E-state index in [9.17, 15) is 0 Å². The van der Waals surface area contributed by atoms with Crippen LogP contribution in [0.5, 0.6) is 0 Å². The summed E-state index contributed by atoms with van der Waals surface area (Å²) < 4.78 is 1.42. The van der Waals surface area contributed by atoms with Gasteiger partial charge in [-0.15, -0.1) is 11.3 Å². The van der Waals surface area contributed by atoms with E-state index in [1.165, 1.54) is 41.6 Å². The molecule has 1 aromatic carbocycles. The zero-order valence-corrected chi connectivity index (χ0v) is 12.8. The van der Waals surface area contributed by atoms with Crippen LogP contribution in [0.2, 0.25) is 0 Å². The summed E-state index contributed by atoms with van der Waals surface area (Å²) in [5, 5.41) is 4.93. The maximum Gasteiger partial charge on any atom is 0.0346 e. The number of halogens is 1. The molecular formula is C15H18BrNS. The van der Waals surface area contributed by atoms with Crippen LogP contribution in [0.1, 0.15) is 18.4 Å². The molecule has 1 aromatic heterocycles. The van der Waals surface area contributed by atoms with Gasteiger partial charge in [-0.05, 0) is 47.7 Å². The molecule has 1 nitrogen and oxygen atoms in total. The standard InChI is InChI=1S/C15H18BrNS/c16-7-5-12-6-8-17(9-12)10-13-11-18-15-4-2-1-3-14(13)15/h1-4,11-12H,5-10H2. The predicted molar refractivity (Wildman–Crippen MR) is 83.6 cm³/mol. The van der Waals surface area contributed by atoms with Gasteiger partial charge < -0.3 is 0 Å². The minimum Gasteiger partial charge on any atom is -0.299 e. The topological polar surface area (TPSA) is 3.24 Å². The fraction of sp³-hybridized carbons (Fsp3) is 0.467. The highest BCUT2D eigenvalue weighted by Gasteiger charge is 2.22. The normalized spacial score (nSPS) is 20.8. The molecule has 0 spiro atoms. The molecule has 0 saturated carbocycles. The maximum absolute atomic E-state index is 3.56. The van der Waals surface area contributed by atoms with Crippen LogP contribution < -0.4 is 0 Å². The predicted octanol–water partition coefficient (Wildman–Crippen LogP) is 4.51. The van der Waals surface area contributed by atoms with Crippen LogP contribution in [0.4, 0.5) is 0 Å². The van der Waals surface area contributed by atoms with Crippen molar-refractivity contribution in [2.45, 2.75) is 19.4 Å². The molecule has 1 aliphatic heterocycles. The second kappa shape index (κ2) is 5.72. The average molecular weight is 324 g/mol. The Kier molecular flexibility index (Phi) is 4.02. The fourth-order valence-electron chi connectivity index (χ4n) is 2.84. The van der Waals surface area contributed by atoms with E-state index in [1.54, 1.807) is 0 Å². The van der Waals surface area contributed by atoms with Crippen molar-refractivity contribution >= 4 is 37.4 Å². The molecule has 0 aliphatic carbocycles. The first kappa shape index (κ1) is 12.6. The van der Waals surface area contributed by atoms with Crippen LogP contribution in [-0.4, -0.2) is 23.3 Å². The first-order valence-electron chi connectivity index (χ1n) is 6.60. The van der Waals surface area contributed by atoms with Crippen molar-refractivity contribution in [3.05, 3.63) is 35.2 Å². The Hall–Kier alpha value is -0.380. The Morgan fingerprint density at radius 2 is 2.22 bits per heavy atom. The lowest BCUT2D eigenvalue weighted by molar-refractivity contribution is 0.317. The second-order valence-electron chi connectivity index (χ2n) is 5.12. The van der Waals surface area contributed by atoms with Gasteiger partial charge >= 0.3 is 0 Å². The molecule has 1 atom stereocenters. The van der Waals surface area contributed by atoms with Crippen LogP contribution in [0.3, 0.4) is 0 Å². The summed E-state index contributed by atoms with van der Waals surface area (Å²) in [6, 6.07) is 8.76. The Balaban J connectivity index is 1.70. The van der Waals surface area contributed by atoms with Crippen molar-refractivity contribution in [1.29, 1.82) is 0 Å². The minimum absolute atomic E-state index is 0.897. The summed E-state index contributed by atoms with van der Waals surface area (Å²) in [7, 11) is 0. The highest BCUT2D eigenvalue weighted by Crippen LogP contribution is 2.29. The summed E-state index contributed by atoms with van der Waals surface area (Å²) in [5.74, 6) is 0.897. The van der Waals surface area contributed by atoms with Gasteiger partial charge in [-0.2, -0.15) is 0 Å². The third-order valence-corrected chi connectivity index (χ3v) is 5.31. The van der Waals surface area contributed by atoms with E-state index in [1.807, 2.05) is 11.3 Å². The largest absolute Gasteiger partial charge is 0.299 e. The molecule has 1 fully saturated rings. The minimum atomic E-state index is 0.897. The molecule has 2 aromatic rings. The van der Waals surface area contributed by atoms with Crippen LogP contribution >= 0.6 is 27.3 Å². The lowest BCUT2D eigenvalue weighted by Crippen LogP contribution is -2.20. The zero-order chi connectivity index (χ0) is 12.4. The van der Waals surface area contributed by atoms with Crippen LogP contribution in [-0.2, 0) is 6.54 Å². The zero-order valence-electron chi connectivity index (χ0n) is 10.4. The number of alkyl halides is 1. The van der Waals surface area contributed by atoms with E-state index in [4.69, 9.17) is 0 Å².